The molecule has 1 aromatic carbocycles. The van der Waals surface area contributed by atoms with Crippen molar-refractivity contribution in [3.63, 3.8) is 0 Å². The van der Waals surface area contributed by atoms with Crippen molar-refractivity contribution >= 4 is 5.97 Å². The predicted molar refractivity (Wildman–Crippen MR) is 46.5 cm³/mol. The summed E-state index contributed by atoms with van der Waals surface area (Å²) < 4.78 is 5.16. The fraction of sp³-hybridized carbons (Fsp3) is 0.100. The molecule has 3 heteroatoms. The summed E-state index contributed by atoms with van der Waals surface area (Å²) in [5.74, 6) is -0.569. The minimum absolute atomic E-state index is 0.144. The van der Waals surface area contributed by atoms with Gasteiger partial charge in [-0.15, -0.1) is 0 Å². The fourth-order valence-corrected chi connectivity index (χ4v) is 0.842. The molecule has 0 atom stereocenters. The lowest BCUT2D eigenvalue weighted by molar-refractivity contribution is -0.255. The van der Waals surface area contributed by atoms with Crippen LogP contribution >= 0.6 is 0 Å². The smallest absolute Gasteiger partial charge is 0.119 e. The Kier molecular flexibility index (Phi) is 3.09. The molecule has 0 bridgehead atoms. The van der Waals surface area contributed by atoms with Crippen LogP contribution in [-0.4, -0.2) is 12.6 Å². The van der Waals surface area contributed by atoms with Crippen molar-refractivity contribution < 1.29 is 14.6 Å². The Labute approximate surface area is 76.3 Å². The van der Waals surface area contributed by atoms with Crippen molar-refractivity contribution in [3.8, 4) is 5.75 Å². The Morgan fingerprint density at radius 2 is 2.08 bits per heavy atom. The SMILES string of the molecule is C=CCOc1ccc(C(=O)[O-])cc1. The van der Waals surface area contributed by atoms with E-state index in [1.54, 1.807) is 18.2 Å². The summed E-state index contributed by atoms with van der Waals surface area (Å²) >= 11 is 0. The first-order valence-corrected chi connectivity index (χ1v) is 3.79. The average molecular weight is 177 g/mol. The lowest BCUT2D eigenvalue weighted by Gasteiger charge is -2.05. The van der Waals surface area contributed by atoms with E-state index in [9.17, 15) is 9.90 Å². The molecule has 0 heterocycles. The molecular formula is C10H9O3-. The molecule has 0 saturated heterocycles. The molecule has 0 aromatic heterocycles. The van der Waals surface area contributed by atoms with Crippen LogP contribution in [0.2, 0.25) is 0 Å². The minimum Gasteiger partial charge on any atom is -0.545 e. The molecule has 0 radical (unpaired) electrons. The standard InChI is InChI=1S/C10H10O3/c1-2-7-13-9-5-3-8(4-6-9)10(11)12/h2-6H,1,7H2,(H,11,12)/p-1. The van der Waals surface area contributed by atoms with Gasteiger partial charge in [0, 0.05) is 0 Å². The molecule has 0 fully saturated rings. The summed E-state index contributed by atoms with van der Waals surface area (Å²) in [6, 6.07) is 6.03. The van der Waals surface area contributed by atoms with E-state index in [-0.39, 0.29) is 5.56 Å². The Morgan fingerprint density at radius 3 is 2.54 bits per heavy atom. The summed E-state index contributed by atoms with van der Waals surface area (Å²) in [4.78, 5) is 10.4. The molecule has 0 aliphatic heterocycles. The number of carbonyl (C=O) groups is 1. The Hall–Kier alpha value is -1.77. The van der Waals surface area contributed by atoms with Gasteiger partial charge in [0.05, 0.1) is 5.97 Å². The summed E-state index contributed by atoms with van der Waals surface area (Å²) in [7, 11) is 0. The number of carbonyl (C=O) groups excluding carboxylic acids is 1. The van der Waals surface area contributed by atoms with Crippen LogP contribution in [0.4, 0.5) is 0 Å². The van der Waals surface area contributed by atoms with Gasteiger partial charge in [-0.2, -0.15) is 0 Å². The Morgan fingerprint density at radius 1 is 1.46 bits per heavy atom. The maximum absolute atomic E-state index is 10.4. The number of hydrogen-bond donors (Lipinski definition) is 0. The zero-order chi connectivity index (χ0) is 9.68. The number of carboxylic acids is 1. The molecule has 1 rings (SSSR count). The van der Waals surface area contributed by atoms with Crippen LogP contribution in [0.1, 0.15) is 10.4 Å². The molecular weight excluding hydrogens is 168 g/mol. The first-order valence-electron chi connectivity index (χ1n) is 3.79. The van der Waals surface area contributed by atoms with Crippen molar-refractivity contribution in [1.29, 1.82) is 0 Å². The fourth-order valence-electron chi connectivity index (χ4n) is 0.842. The Balaban J connectivity index is 2.69. The second-order valence-corrected chi connectivity index (χ2v) is 2.41. The highest BCUT2D eigenvalue weighted by Crippen LogP contribution is 2.11. The van der Waals surface area contributed by atoms with E-state index >= 15 is 0 Å². The zero-order valence-electron chi connectivity index (χ0n) is 7.03. The lowest BCUT2D eigenvalue weighted by Crippen LogP contribution is -2.21. The summed E-state index contributed by atoms with van der Waals surface area (Å²) in [5, 5.41) is 10.4. The van der Waals surface area contributed by atoms with Gasteiger partial charge in [-0.3, -0.25) is 0 Å². The van der Waals surface area contributed by atoms with E-state index in [0.29, 0.717) is 12.4 Å². The van der Waals surface area contributed by atoms with Crippen molar-refractivity contribution in [2.24, 2.45) is 0 Å². The van der Waals surface area contributed by atoms with E-state index in [1.165, 1.54) is 12.1 Å². The molecule has 1 aromatic rings. The van der Waals surface area contributed by atoms with Gasteiger partial charge >= 0.3 is 0 Å². The molecule has 0 unspecified atom stereocenters. The highest BCUT2D eigenvalue weighted by atomic mass is 16.5. The summed E-state index contributed by atoms with van der Waals surface area (Å²) in [5.41, 5.74) is 0.144. The molecule has 0 saturated carbocycles. The second kappa shape index (κ2) is 4.30. The van der Waals surface area contributed by atoms with Crippen molar-refractivity contribution in [2.75, 3.05) is 6.61 Å². The molecule has 3 nitrogen and oxygen atoms in total. The zero-order valence-corrected chi connectivity index (χ0v) is 7.03. The molecule has 0 aliphatic carbocycles. The van der Waals surface area contributed by atoms with Crippen molar-refractivity contribution in [2.45, 2.75) is 0 Å². The normalized spacial score (nSPS) is 9.23. The summed E-state index contributed by atoms with van der Waals surface area (Å²) in [6.45, 7) is 3.90. The van der Waals surface area contributed by atoms with Gasteiger partial charge in [0.1, 0.15) is 12.4 Å². The quantitative estimate of drug-likeness (QED) is 0.633. The average Bonchev–Trinajstić information content (AvgIpc) is 2.15. The topological polar surface area (TPSA) is 49.4 Å². The third-order valence-corrected chi connectivity index (χ3v) is 1.46. The van der Waals surface area contributed by atoms with E-state index in [2.05, 4.69) is 6.58 Å². The monoisotopic (exact) mass is 177 g/mol. The van der Waals surface area contributed by atoms with Crippen LogP contribution < -0.4 is 9.84 Å². The van der Waals surface area contributed by atoms with Gasteiger partial charge in [0.2, 0.25) is 0 Å². The van der Waals surface area contributed by atoms with Gasteiger partial charge in [-0.1, -0.05) is 12.7 Å². The van der Waals surface area contributed by atoms with Crippen LogP contribution in [0, 0.1) is 0 Å². The van der Waals surface area contributed by atoms with E-state index in [1.807, 2.05) is 0 Å². The molecule has 0 amide bonds. The second-order valence-electron chi connectivity index (χ2n) is 2.41. The largest absolute Gasteiger partial charge is 0.545 e. The highest BCUT2D eigenvalue weighted by molar-refractivity contribution is 5.85. The third kappa shape index (κ3) is 2.63. The Bertz CT molecular complexity index is 300. The molecule has 13 heavy (non-hydrogen) atoms. The maximum Gasteiger partial charge on any atom is 0.119 e. The first-order chi connectivity index (χ1) is 6.24. The lowest BCUT2D eigenvalue weighted by atomic mass is 10.2. The minimum atomic E-state index is -1.18. The van der Waals surface area contributed by atoms with Crippen LogP contribution in [-0.2, 0) is 0 Å². The number of rotatable bonds is 4. The van der Waals surface area contributed by atoms with Crippen LogP contribution in [0.25, 0.3) is 0 Å². The van der Waals surface area contributed by atoms with Gasteiger partial charge in [-0.25, -0.2) is 0 Å². The highest BCUT2D eigenvalue weighted by Gasteiger charge is 1.94. The molecule has 0 aliphatic rings. The van der Waals surface area contributed by atoms with E-state index in [0.717, 1.165) is 0 Å². The van der Waals surface area contributed by atoms with E-state index < -0.39 is 5.97 Å². The number of benzene rings is 1. The molecule has 68 valence electrons. The van der Waals surface area contributed by atoms with Gasteiger partial charge in [-0.05, 0) is 29.8 Å². The maximum atomic E-state index is 10.4. The molecule has 0 spiro atoms. The van der Waals surface area contributed by atoms with E-state index in [4.69, 9.17) is 4.74 Å². The number of aromatic carboxylic acids is 1. The third-order valence-electron chi connectivity index (χ3n) is 1.46. The van der Waals surface area contributed by atoms with Crippen molar-refractivity contribution in [1.82, 2.24) is 0 Å². The number of hydrogen-bond acceptors (Lipinski definition) is 3. The van der Waals surface area contributed by atoms with Gasteiger partial charge in [0.15, 0.2) is 0 Å². The van der Waals surface area contributed by atoms with Crippen molar-refractivity contribution in [3.05, 3.63) is 42.5 Å². The van der Waals surface area contributed by atoms with Crippen LogP contribution in [0.5, 0.6) is 5.75 Å². The number of carboxylic acid groups (broad SMARTS) is 1. The molecule has 0 N–H and O–H groups in total. The van der Waals surface area contributed by atoms with Crippen LogP contribution in [0.3, 0.4) is 0 Å². The predicted octanol–water partition coefficient (Wildman–Crippen LogP) is 0.615. The van der Waals surface area contributed by atoms with Crippen LogP contribution in [0.15, 0.2) is 36.9 Å². The van der Waals surface area contributed by atoms with Gasteiger partial charge < -0.3 is 14.6 Å². The first kappa shape index (κ1) is 9.32. The summed E-state index contributed by atoms with van der Waals surface area (Å²) in [6.07, 6.45) is 1.62. The van der Waals surface area contributed by atoms with Gasteiger partial charge in [0.25, 0.3) is 0 Å². The number of ether oxygens (including phenoxy) is 1.